The zero-order chi connectivity index (χ0) is 13.7. The molecule has 0 fully saturated rings. The summed E-state index contributed by atoms with van der Waals surface area (Å²) in [7, 11) is 4.07. The number of aryl methyl sites for hydroxylation is 1. The molecule has 2 rings (SSSR count). The quantitative estimate of drug-likeness (QED) is 0.863. The third-order valence-electron chi connectivity index (χ3n) is 3.15. The summed E-state index contributed by atoms with van der Waals surface area (Å²) in [5.41, 5.74) is 3.88. The minimum atomic E-state index is 0.831. The minimum Gasteiger partial charge on any atom is -0.468 e. The van der Waals surface area contributed by atoms with Gasteiger partial charge < -0.3 is 9.73 Å². The van der Waals surface area contributed by atoms with Crippen LogP contribution >= 0.6 is 0 Å². The number of rotatable bonds is 6. The van der Waals surface area contributed by atoms with Crippen molar-refractivity contribution in [3.63, 3.8) is 0 Å². The lowest BCUT2D eigenvalue weighted by Crippen LogP contribution is -2.18. The molecule has 3 heteroatoms. The lowest BCUT2D eigenvalue weighted by Gasteiger charge is -2.16. The van der Waals surface area contributed by atoms with E-state index in [9.17, 15) is 0 Å². The Balaban J connectivity index is 1.97. The van der Waals surface area contributed by atoms with E-state index in [1.165, 1.54) is 16.7 Å². The highest BCUT2D eigenvalue weighted by atomic mass is 16.3. The van der Waals surface area contributed by atoms with E-state index in [-0.39, 0.29) is 0 Å². The fraction of sp³-hybridized carbons (Fsp3) is 0.375. The van der Waals surface area contributed by atoms with Crippen molar-refractivity contribution >= 4 is 0 Å². The van der Waals surface area contributed by atoms with Crippen molar-refractivity contribution in [1.29, 1.82) is 0 Å². The largest absolute Gasteiger partial charge is 0.468 e. The molecule has 1 aromatic heterocycles. The maximum atomic E-state index is 5.57. The molecule has 3 nitrogen and oxygen atoms in total. The lowest BCUT2D eigenvalue weighted by atomic mass is 10.1. The van der Waals surface area contributed by atoms with Crippen LogP contribution in [0.3, 0.4) is 0 Å². The van der Waals surface area contributed by atoms with E-state index >= 15 is 0 Å². The van der Waals surface area contributed by atoms with Gasteiger partial charge in [0.2, 0.25) is 0 Å². The number of furan rings is 1. The molecule has 2 aromatic rings. The molecule has 0 atom stereocenters. The van der Waals surface area contributed by atoms with Gasteiger partial charge in [-0.15, -0.1) is 0 Å². The first kappa shape index (κ1) is 13.8. The van der Waals surface area contributed by atoms with E-state index in [4.69, 9.17) is 4.42 Å². The molecule has 19 heavy (non-hydrogen) atoms. The van der Waals surface area contributed by atoms with E-state index in [2.05, 4.69) is 48.5 Å². The summed E-state index contributed by atoms with van der Waals surface area (Å²) in [6.07, 6.45) is 1.77. The molecule has 0 spiro atoms. The molecule has 0 amide bonds. The first-order valence-electron chi connectivity index (χ1n) is 6.63. The van der Waals surface area contributed by atoms with Crippen molar-refractivity contribution in [2.45, 2.75) is 26.6 Å². The summed E-state index contributed by atoms with van der Waals surface area (Å²) < 4.78 is 5.57. The lowest BCUT2D eigenvalue weighted by molar-refractivity contribution is 0.286. The summed E-state index contributed by atoms with van der Waals surface area (Å²) in [4.78, 5) is 2.27. The van der Waals surface area contributed by atoms with Gasteiger partial charge >= 0.3 is 0 Å². The molecule has 102 valence electrons. The van der Waals surface area contributed by atoms with Gasteiger partial charge in [0.05, 0.1) is 12.8 Å². The first-order chi connectivity index (χ1) is 9.19. The maximum absolute atomic E-state index is 5.57. The smallest absolute Gasteiger partial charge is 0.122 e. The molecule has 1 aromatic carbocycles. The van der Waals surface area contributed by atoms with Crippen LogP contribution in [0.2, 0.25) is 0 Å². The molecule has 0 bridgehead atoms. The van der Waals surface area contributed by atoms with E-state index in [0.717, 1.165) is 25.4 Å². The number of nitrogens with zero attached hydrogens (tertiary/aromatic N) is 1. The van der Waals surface area contributed by atoms with Gasteiger partial charge in [-0.2, -0.15) is 0 Å². The Bertz CT molecular complexity index is 519. The highest BCUT2D eigenvalue weighted by Crippen LogP contribution is 2.14. The second-order valence-corrected chi connectivity index (χ2v) is 5.06. The predicted molar refractivity (Wildman–Crippen MR) is 77.8 cm³/mol. The summed E-state index contributed by atoms with van der Waals surface area (Å²) >= 11 is 0. The standard InChI is InChI=1S/C16H22N2O/c1-13-5-4-6-14(9-13)11-18(3)12-16-15(10-17-2)7-8-19-16/h4-9,17H,10-12H2,1-3H3. The van der Waals surface area contributed by atoms with Gasteiger partial charge in [0.1, 0.15) is 5.76 Å². The van der Waals surface area contributed by atoms with Crippen molar-refractivity contribution in [3.8, 4) is 0 Å². The third-order valence-corrected chi connectivity index (χ3v) is 3.15. The Hall–Kier alpha value is -1.58. The molecule has 0 unspecified atom stereocenters. The fourth-order valence-electron chi connectivity index (χ4n) is 2.28. The van der Waals surface area contributed by atoms with E-state index in [0.29, 0.717) is 0 Å². The molecular weight excluding hydrogens is 236 g/mol. The minimum absolute atomic E-state index is 0.831. The molecular formula is C16H22N2O. The molecule has 0 aliphatic carbocycles. The average molecular weight is 258 g/mol. The second-order valence-electron chi connectivity index (χ2n) is 5.06. The third kappa shape index (κ3) is 3.94. The normalized spacial score (nSPS) is 11.2. The summed E-state index contributed by atoms with van der Waals surface area (Å²) in [5.74, 6) is 1.05. The fourth-order valence-corrected chi connectivity index (χ4v) is 2.28. The van der Waals surface area contributed by atoms with Crippen molar-refractivity contribution < 1.29 is 4.42 Å². The van der Waals surface area contributed by atoms with Crippen molar-refractivity contribution in [2.75, 3.05) is 14.1 Å². The van der Waals surface area contributed by atoms with Crippen LogP contribution in [0, 0.1) is 6.92 Å². The molecule has 0 radical (unpaired) electrons. The van der Waals surface area contributed by atoms with Gasteiger partial charge in [0, 0.05) is 18.7 Å². The monoisotopic (exact) mass is 258 g/mol. The molecule has 0 saturated carbocycles. The maximum Gasteiger partial charge on any atom is 0.122 e. The van der Waals surface area contributed by atoms with Gasteiger partial charge in [0.15, 0.2) is 0 Å². The van der Waals surface area contributed by atoms with Crippen LogP contribution in [-0.2, 0) is 19.6 Å². The van der Waals surface area contributed by atoms with Gasteiger partial charge in [-0.05, 0) is 32.6 Å². The Kier molecular flexibility index (Phi) is 4.77. The Morgan fingerprint density at radius 2 is 2.05 bits per heavy atom. The van der Waals surface area contributed by atoms with Gasteiger partial charge in [-0.25, -0.2) is 0 Å². The zero-order valence-electron chi connectivity index (χ0n) is 11.9. The molecule has 0 aliphatic rings. The SMILES string of the molecule is CNCc1ccoc1CN(C)Cc1cccc(C)c1. The number of nitrogens with one attached hydrogen (secondary N) is 1. The average Bonchev–Trinajstić information content (AvgIpc) is 2.77. The molecule has 0 saturated heterocycles. The Morgan fingerprint density at radius 3 is 2.79 bits per heavy atom. The first-order valence-corrected chi connectivity index (χ1v) is 6.63. The summed E-state index contributed by atoms with van der Waals surface area (Å²) in [5, 5.41) is 3.16. The predicted octanol–water partition coefficient (Wildman–Crippen LogP) is 2.94. The number of benzene rings is 1. The van der Waals surface area contributed by atoms with E-state index in [1.807, 2.05) is 13.1 Å². The van der Waals surface area contributed by atoms with E-state index in [1.54, 1.807) is 6.26 Å². The Labute approximate surface area is 115 Å². The molecule has 0 aliphatic heterocycles. The topological polar surface area (TPSA) is 28.4 Å². The highest BCUT2D eigenvalue weighted by Gasteiger charge is 2.09. The number of hydrogen-bond donors (Lipinski definition) is 1. The van der Waals surface area contributed by atoms with Crippen LogP contribution in [-0.4, -0.2) is 19.0 Å². The van der Waals surface area contributed by atoms with Crippen LogP contribution < -0.4 is 5.32 Å². The van der Waals surface area contributed by atoms with Crippen molar-refractivity contribution in [3.05, 3.63) is 59.0 Å². The van der Waals surface area contributed by atoms with Crippen LogP contribution in [0.4, 0.5) is 0 Å². The summed E-state index contributed by atoms with van der Waals surface area (Å²) in [6.45, 7) is 4.74. The molecule has 1 N–H and O–H groups in total. The number of hydrogen-bond acceptors (Lipinski definition) is 3. The van der Waals surface area contributed by atoms with Gasteiger partial charge in [0.25, 0.3) is 0 Å². The van der Waals surface area contributed by atoms with Crippen LogP contribution in [0.5, 0.6) is 0 Å². The van der Waals surface area contributed by atoms with Gasteiger partial charge in [-0.1, -0.05) is 29.8 Å². The zero-order valence-corrected chi connectivity index (χ0v) is 11.9. The van der Waals surface area contributed by atoms with Crippen LogP contribution in [0.15, 0.2) is 41.0 Å². The van der Waals surface area contributed by atoms with Crippen LogP contribution in [0.1, 0.15) is 22.5 Å². The highest BCUT2D eigenvalue weighted by molar-refractivity contribution is 5.22. The second kappa shape index (κ2) is 6.55. The van der Waals surface area contributed by atoms with Crippen LogP contribution in [0.25, 0.3) is 0 Å². The van der Waals surface area contributed by atoms with Crippen molar-refractivity contribution in [1.82, 2.24) is 10.2 Å². The van der Waals surface area contributed by atoms with E-state index < -0.39 is 0 Å². The van der Waals surface area contributed by atoms with Gasteiger partial charge in [-0.3, -0.25) is 4.90 Å². The molecule has 1 heterocycles. The summed E-state index contributed by atoms with van der Waals surface area (Å²) in [6, 6.07) is 10.7. The Morgan fingerprint density at radius 1 is 1.21 bits per heavy atom. The van der Waals surface area contributed by atoms with Crippen molar-refractivity contribution in [2.24, 2.45) is 0 Å².